The van der Waals surface area contributed by atoms with E-state index in [2.05, 4.69) is 37.0 Å². The Bertz CT molecular complexity index is 1250. The molecule has 4 rings (SSSR count). The molecule has 10 heteroatoms. The fraction of sp³-hybridized carbons (Fsp3) is 0.130. The predicted molar refractivity (Wildman–Crippen MR) is 128 cm³/mol. The standard InChI is InChI=1S/C23H20BrN5O3S/c1-15-19(11-12-32-15)21-26-28-23(29(21)13-16-5-3-2-4-6-16)33-14-20(30)25-27-22(31)17-7-9-18(24)10-8-17/h2-12H,13-14H2,1H3,(H,25,30)(H,27,31). The van der Waals surface area contributed by atoms with E-state index in [9.17, 15) is 9.59 Å². The second-order valence-corrected chi connectivity index (χ2v) is 8.92. The zero-order valence-electron chi connectivity index (χ0n) is 17.6. The van der Waals surface area contributed by atoms with Crippen LogP contribution >= 0.6 is 27.7 Å². The quantitative estimate of drug-likeness (QED) is 0.276. The van der Waals surface area contributed by atoms with E-state index in [1.165, 1.54) is 11.8 Å². The minimum atomic E-state index is -0.397. The van der Waals surface area contributed by atoms with E-state index in [1.54, 1.807) is 30.5 Å². The topological polar surface area (TPSA) is 102 Å². The minimum absolute atomic E-state index is 0.0535. The lowest BCUT2D eigenvalue weighted by Gasteiger charge is -2.11. The molecule has 0 atom stereocenters. The largest absolute Gasteiger partial charge is 0.469 e. The third-order valence-electron chi connectivity index (χ3n) is 4.75. The van der Waals surface area contributed by atoms with Crippen LogP contribution in [0.5, 0.6) is 0 Å². The van der Waals surface area contributed by atoms with Gasteiger partial charge in [0.05, 0.1) is 24.1 Å². The average Bonchev–Trinajstić information content (AvgIpc) is 3.42. The molecule has 0 saturated heterocycles. The third-order valence-corrected chi connectivity index (χ3v) is 6.25. The van der Waals surface area contributed by atoms with E-state index >= 15 is 0 Å². The molecule has 0 saturated carbocycles. The highest BCUT2D eigenvalue weighted by Crippen LogP contribution is 2.27. The SMILES string of the molecule is Cc1occc1-c1nnc(SCC(=O)NNC(=O)c2ccc(Br)cc2)n1Cc1ccccc1. The molecule has 0 unspecified atom stereocenters. The van der Waals surface area contributed by atoms with Crippen molar-refractivity contribution in [2.45, 2.75) is 18.6 Å². The summed E-state index contributed by atoms with van der Waals surface area (Å²) >= 11 is 4.56. The van der Waals surface area contributed by atoms with Crippen LogP contribution in [0.2, 0.25) is 0 Å². The van der Waals surface area contributed by atoms with Gasteiger partial charge in [0.25, 0.3) is 5.91 Å². The number of benzene rings is 2. The first-order valence-electron chi connectivity index (χ1n) is 10.0. The fourth-order valence-electron chi connectivity index (χ4n) is 3.09. The van der Waals surface area contributed by atoms with E-state index in [0.717, 1.165) is 21.4 Å². The van der Waals surface area contributed by atoms with Crippen LogP contribution in [0.15, 0.2) is 81.0 Å². The highest BCUT2D eigenvalue weighted by atomic mass is 79.9. The molecular weight excluding hydrogens is 506 g/mol. The van der Waals surface area contributed by atoms with Crippen molar-refractivity contribution >= 4 is 39.5 Å². The summed E-state index contributed by atoms with van der Waals surface area (Å²) in [7, 11) is 0. The Balaban J connectivity index is 1.43. The van der Waals surface area contributed by atoms with E-state index in [-0.39, 0.29) is 11.7 Å². The van der Waals surface area contributed by atoms with Crippen LogP contribution in [-0.2, 0) is 11.3 Å². The zero-order valence-corrected chi connectivity index (χ0v) is 20.0. The van der Waals surface area contributed by atoms with Crippen LogP contribution in [0, 0.1) is 6.92 Å². The lowest BCUT2D eigenvalue weighted by Crippen LogP contribution is -2.42. The maximum atomic E-state index is 12.3. The van der Waals surface area contributed by atoms with Gasteiger partial charge in [-0.2, -0.15) is 0 Å². The number of rotatable bonds is 7. The number of hydrazine groups is 1. The Hall–Kier alpha value is -3.37. The molecule has 168 valence electrons. The first-order chi connectivity index (χ1) is 16.0. The summed E-state index contributed by atoms with van der Waals surface area (Å²) in [4.78, 5) is 24.5. The Labute approximate surface area is 202 Å². The van der Waals surface area contributed by atoms with Crippen molar-refractivity contribution in [1.29, 1.82) is 0 Å². The second kappa shape index (κ2) is 10.5. The number of hydrogen-bond donors (Lipinski definition) is 2. The molecule has 2 N–H and O–H groups in total. The van der Waals surface area contributed by atoms with Gasteiger partial charge in [0.1, 0.15) is 5.76 Å². The van der Waals surface area contributed by atoms with Crippen LogP contribution in [0.3, 0.4) is 0 Å². The molecule has 0 bridgehead atoms. The number of hydrogen-bond acceptors (Lipinski definition) is 6. The highest BCUT2D eigenvalue weighted by molar-refractivity contribution is 9.10. The molecule has 2 heterocycles. The molecule has 2 amide bonds. The second-order valence-electron chi connectivity index (χ2n) is 7.07. The van der Waals surface area contributed by atoms with E-state index in [4.69, 9.17) is 4.42 Å². The van der Waals surface area contributed by atoms with Gasteiger partial charge in [-0.15, -0.1) is 10.2 Å². The number of aryl methyl sites for hydroxylation is 1. The maximum absolute atomic E-state index is 12.3. The van der Waals surface area contributed by atoms with Gasteiger partial charge >= 0.3 is 0 Å². The van der Waals surface area contributed by atoms with Gasteiger partial charge in [-0.3, -0.25) is 25.0 Å². The van der Waals surface area contributed by atoms with Crippen LogP contribution in [0.1, 0.15) is 21.7 Å². The Kier molecular flexibility index (Phi) is 7.26. The lowest BCUT2D eigenvalue weighted by molar-refractivity contribution is -0.119. The smallest absolute Gasteiger partial charge is 0.269 e. The lowest BCUT2D eigenvalue weighted by atomic mass is 10.2. The van der Waals surface area contributed by atoms with Crippen LogP contribution in [0.25, 0.3) is 11.4 Å². The molecule has 0 aliphatic rings. The molecule has 4 aromatic rings. The number of thioether (sulfide) groups is 1. The highest BCUT2D eigenvalue weighted by Gasteiger charge is 2.19. The molecule has 0 aliphatic heterocycles. The van der Waals surface area contributed by atoms with Crippen LogP contribution < -0.4 is 10.9 Å². The average molecular weight is 526 g/mol. The van der Waals surface area contributed by atoms with E-state index < -0.39 is 5.91 Å². The Morgan fingerprint density at radius 2 is 1.79 bits per heavy atom. The summed E-state index contributed by atoms with van der Waals surface area (Å²) in [6, 6.07) is 18.6. The fourth-order valence-corrected chi connectivity index (χ4v) is 4.09. The van der Waals surface area contributed by atoms with Crippen molar-refractivity contribution in [3.63, 3.8) is 0 Å². The Morgan fingerprint density at radius 3 is 2.48 bits per heavy atom. The normalized spacial score (nSPS) is 10.7. The van der Waals surface area contributed by atoms with Gasteiger partial charge in [-0.25, -0.2) is 0 Å². The van der Waals surface area contributed by atoms with Gasteiger partial charge in [-0.1, -0.05) is 58.0 Å². The summed E-state index contributed by atoms with van der Waals surface area (Å²) < 4.78 is 8.25. The predicted octanol–water partition coefficient (Wildman–Crippen LogP) is 4.21. The van der Waals surface area contributed by atoms with Crippen molar-refractivity contribution in [2.24, 2.45) is 0 Å². The number of halogens is 1. The number of nitrogens with zero attached hydrogens (tertiary/aromatic N) is 3. The van der Waals surface area contributed by atoms with Crippen LogP contribution in [-0.4, -0.2) is 32.3 Å². The zero-order chi connectivity index (χ0) is 23.2. The number of carbonyl (C=O) groups is 2. The van der Waals surface area contributed by atoms with Gasteiger partial charge < -0.3 is 4.42 Å². The van der Waals surface area contributed by atoms with E-state index in [0.29, 0.717) is 23.1 Å². The summed E-state index contributed by atoms with van der Waals surface area (Å²) in [5.74, 6) is 0.697. The molecule has 8 nitrogen and oxygen atoms in total. The monoisotopic (exact) mass is 525 g/mol. The molecule has 0 aliphatic carbocycles. The molecular formula is C23H20BrN5O3S. The number of aromatic nitrogens is 3. The van der Waals surface area contributed by atoms with E-state index in [1.807, 2.05) is 47.9 Å². The number of amides is 2. The van der Waals surface area contributed by atoms with Gasteiger partial charge in [0.15, 0.2) is 11.0 Å². The molecule has 0 fully saturated rings. The molecule has 0 radical (unpaired) electrons. The first kappa shape index (κ1) is 22.8. The summed E-state index contributed by atoms with van der Waals surface area (Å²) in [5, 5.41) is 9.22. The van der Waals surface area contributed by atoms with Gasteiger partial charge in [-0.05, 0) is 42.8 Å². The number of nitrogens with one attached hydrogen (secondary N) is 2. The molecule has 2 aromatic heterocycles. The van der Waals surface area contributed by atoms with Gasteiger partial charge in [0, 0.05) is 10.0 Å². The maximum Gasteiger partial charge on any atom is 0.269 e. The van der Waals surface area contributed by atoms with Crippen molar-refractivity contribution in [1.82, 2.24) is 25.6 Å². The number of furan rings is 1. The van der Waals surface area contributed by atoms with Gasteiger partial charge in [0.2, 0.25) is 5.91 Å². The first-order valence-corrected chi connectivity index (χ1v) is 11.8. The summed E-state index contributed by atoms with van der Waals surface area (Å²) in [5.41, 5.74) is 7.22. The summed E-state index contributed by atoms with van der Waals surface area (Å²) in [6.45, 7) is 2.41. The molecule has 2 aromatic carbocycles. The van der Waals surface area contributed by atoms with Crippen molar-refractivity contribution in [2.75, 3.05) is 5.75 Å². The van der Waals surface area contributed by atoms with Crippen molar-refractivity contribution in [3.05, 3.63) is 88.3 Å². The number of carbonyl (C=O) groups excluding carboxylic acids is 2. The van der Waals surface area contributed by atoms with Crippen molar-refractivity contribution in [3.8, 4) is 11.4 Å². The Morgan fingerprint density at radius 1 is 1.03 bits per heavy atom. The van der Waals surface area contributed by atoms with Crippen molar-refractivity contribution < 1.29 is 14.0 Å². The molecule has 33 heavy (non-hydrogen) atoms. The third kappa shape index (κ3) is 5.71. The minimum Gasteiger partial charge on any atom is -0.469 e. The molecule has 0 spiro atoms. The van der Waals surface area contributed by atoms with Crippen LogP contribution in [0.4, 0.5) is 0 Å². The summed E-state index contributed by atoms with van der Waals surface area (Å²) in [6.07, 6.45) is 1.61.